The number of nitrogens with zero attached hydrogens (tertiary/aromatic N) is 3. The zero-order valence-electron chi connectivity index (χ0n) is 12.6. The van der Waals surface area contributed by atoms with Crippen molar-refractivity contribution in [1.29, 1.82) is 0 Å². The second-order valence-electron chi connectivity index (χ2n) is 5.82. The molecule has 2 aliphatic rings. The van der Waals surface area contributed by atoms with E-state index in [1.165, 1.54) is 14.0 Å². The lowest BCUT2D eigenvalue weighted by Crippen LogP contribution is -2.59. The van der Waals surface area contributed by atoms with Crippen LogP contribution in [0.15, 0.2) is 5.16 Å². The van der Waals surface area contributed by atoms with E-state index in [1.54, 1.807) is 0 Å². The molecule has 1 amide bonds. The molecule has 20 heavy (non-hydrogen) atoms. The van der Waals surface area contributed by atoms with Crippen molar-refractivity contribution in [3.8, 4) is 0 Å². The van der Waals surface area contributed by atoms with Crippen molar-refractivity contribution in [2.24, 2.45) is 5.16 Å². The van der Waals surface area contributed by atoms with Crippen LogP contribution >= 0.6 is 0 Å². The summed E-state index contributed by atoms with van der Waals surface area (Å²) in [4.78, 5) is 33.0. The zero-order valence-corrected chi connectivity index (χ0v) is 12.6. The molecule has 2 fully saturated rings. The fourth-order valence-corrected chi connectivity index (χ4v) is 3.16. The first-order valence-electron chi connectivity index (χ1n) is 7.14. The van der Waals surface area contributed by atoms with Crippen molar-refractivity contribution in [1.82, 2.24) is 9.80 Å². The minimum absolute atomic E-state index is 0.0950. The van der Waals surface area contributed by atoms with Gasteiger partial charge >= 0.3 is 0 Å². The van der Waals surface area contributed by atoms with Crippen LogP contribution < -0.4 is 0 Å². The summed E-state index contributed by atoms with van der Waals surface area (Å²) in [5.74, 6) is -0.627. The largest absolute Gasteiger partial charge is 0.398 e. The monoisotopic (exact) mass is 281 g/mol. The number of hydrogen-bond donors (Lipinski definition) is 0. The van der Waals surface area contributed by atoms with E-state index in [4.69, 9.17) is 0 Å². The van der Waals surface area contributed by atoms with Crippen molar-refractivity contribution >= 4 is 17.4 Å². The Morgan fingerprint density at radius 2 is 1.75 bits per heavy atom. The highest BCUT2D eigenvalue weighted by Crippen LogP contribution is 2.31. The van der Waals surface area contributed by atoms with Crippen LogP contribution in [0, 0.1) is 0 Å². The van der Waals surface area contributed by atoms with E-state index < -0.39 is 0 Å². The number of likely N-dealkylation sites (tertiary alicyclic amines) is 1. The molecular formula is C14H23N3O3. The summed E-state index contributed by atoms with van der Waals surface area (Å²) in [6.07, 6.45) is 2.00. The first-order valence-corrected chi connectivity index (χ1v) is 7.14. The normalized spacial score (nSPS) is 27.1. The Morgan fingerprint density at radius 1 is 1.20 bits per heavy atom. The lowest BCUT2D eigenvalue weighted by atomic mass is 10.1. The highest BCUT2D eigenvalue weighted by atomic mass is 16.6. The minimum Gasteiger partial charge on any atom is -0.398 e. The van der Waals surface area contributed by atoms with Gasteiger partial charge in [0.05, 0.1) is 0 Å². The van der Waals surface area contributed by atoms with Crippen LogP contribution in [-0.2, 0) is 14.4 Å². The molecule has 2 bridgehead atoms. The molecule has 0 aromatic carbocycles. The van der Waals surface area contributed by atoms with Gasteiger partial charge in [-0.1, -0.05) is 5.16 Å². The molecule has 2 unspecified atom stereocenters. The fraction of sp³-hybridized carbons (Fsp3) is 0.786. The average molecular weight is 281 g/mol. The summed E-state index contributed by atoms with van der Waals surface area (Å²) in [7, 11) is 1.35. The average Bonchev–Trinajstić information content (AvgIpc) is 2.64. The number of oxime groups is 1. The third-order valence-corrected chi connectivity index (χ3v) is 4.19. The quantitative estimate of drug-likeness (QED) is 0.431. The van der Waals surface area contributed by atoms with Crippen molar-refractivity contribution in [3.05, 3.63) is 0 Å². The molecule has 0 spiro atoms. The van der Waals surface area contributed by atoms with Gasteiger partial charge in [0.15, 0.2) is 5.78 Å². The van der Waals surface area contributed by atoms with E-state index in [2.05, 4.69) is 28.7 Å². The van der Waals surface area contributed by atoms with Crippen LogP contribution in [0.5, 0.6) is 0 Å². The number of piperazine rings is 1. The number of carbonyl (C=O) groups is 2. The third-order valence-electron chi connectivity index (χ3n) is 4.19. The summed E-state index contributed by atoms with van der Waals surface area (Å²) < 4.78 is 0. The zero-order chi connectivity index (χ0) is 14.9. The lowest BCUT2D eigenvalue weighted by Gasteiger charge is -2.42. The lowest BCUT2D eigenvalue weighted by molar-refractivity contribution is -0.131. The van der Waals surface area contributed by atoms with Gasteiger partial charge in [0.25, 0.3) is 5.91 Å². The molecule has 6 nitrogen and oxygen atoms in total. The Balaban J connectivity index is 2.17. The fourth-order valence-electron chi connectivity index (χ4n) is 3.16. The SMILES string of the molecule is CO/N=C(\C(C)=O)C(=O)N1C2CCC1CN(C(C)C)C2. The van der Waals surface area contributed by atoms with E-state index in [-0.39, 0.29) is 29.5 Å². The minimum atomic E-state index is -0.345. The maximum atomic E-state index is 12.5. The second kappa shape index (κ2) is 5.91. The van der Waals surface area contributed by atoms with E-state index in [1.807, 2.05) is 4.90 Å². The molecule has 0 saturated carbocycles. The van der Waals surface area contributed by atoms with Gasteiger partial charge < -0.3 is 9.74 Å². The summed E-state index contributed by atoms with van der Waals surface area (Å²) in [6, 6.07) is 0.852. The Morgan fingerprint density at radius 3 is 2.15 bits per heavy atom. The maximum absolute atomic E-state index is 12.5. The Kier molecular flexibility index (Phi) is 4.42. The third kappa shape index (κ3) is 2.70. The molecule has 2 saturated heterocycles. The van der Waals surface area contributed by atoms with Gasteiger partial charge in [-0.15, -0.1) is 0 Å². The van der Waals surface area contributed by atoms with E-state index in [0.717, 1.165) is 25.9 Å². The molecule has 0 aromatic rings. The molecular weight excluding hydrogens is 258 g/mol. The highest BCUT2D eigenvalue weighted by molar-refractivity contribution is 6.65. The van der Waals surface area contributed by atoms with E-state index in [9.17, 15) is 9.59 Å². The summed E-state index contributed by atoms with van der Waals surface area (Å²) in [5, 5.41) is 3.61. The molecule has 112 valence electrons. The number of carbonyl (C=O) groups excluding carboxylic acids is 2. The molecule has 2 rings (SSSR count). The Labute approximate surface area is 119 Å². The molecule has 2 aliphatic heterocycles. The van der Waals surface area contributed by atoms with Crippen molar-refractivity contribution in [3.63, 3.8) is 0 Å². The summed E-state index contributed by atoms with van der Waals surface area (Å²) in [6.45, 7) is 7.44. The number of ketones is 1. The number of fused-ring (bicyclic) bond motifs is 2. The number of amides is 1. The molecule has 2 atom stereocenters. The Bertz CT molecular complexity index is 419. The van der Waals surface area contributed by atoms with Crippen LogP contribution in [0.3, 0.4) is 0 Å². The first-order chi connectivity index (χ1) is 9.45. The smallest absolute Gasteiger partial charge is 0.280 e. The van der Waals surface area contributed by atoms with Gasteiger partial charge in [-0.05, 0) is 26.7 Å². The number of Topliss-reactive ketones (excluding diaryl/α,β-unsaturated/α-hetero) is 1. The summed E-state index contributed by atoms with van der Waals surface area (Å²) >= 11 is 0. The molecule has 0 aromatic heterocycles. The number of hydrogen-bond acceptors (Lipinski definition) is 5. The van der Waals surface area contributed by atoms with Crippen molar-refractivity contribution in [2.45, 2.75) is 51.7 Å². The van der Waals surface area contributed by atoms with Gasteiger partial charge in [-0.2, -0.15) is 0 Å². The van der Waals surface area contributed by atoms with Gasteiger partial charge in [0.2, 0.25) is 5.71 Å². The number of rotatable bonds is 4. The van der Waals surface area contributed by atoms with Gasteiger partial charge in [-0.25, -0.2) is 0 Å². The predicted molar refractivity (Wildman–Crippen MR) is 75.5 cm³/mol. The molecule has 0 aliphatic carbocycles. The van der Waals surface area contributed by atoms with Crippen LogP contribution in [0.4, 0.5) is 0 Å². The van der Waals surface area contributed by atoms with E-state index >= 15 is 0 Å². The molecule has 0 N–H and O–H groups in total. The van der Waals surface area contributed by atoms with Crippen LogP contribution in [-0.4, -0.2) is 65.5 Å². The van der Waals surface area contributed by atoms with Crippen molar-refractivity contribution < 1.29 is 14.4 Å². The second-order valence-corrected chi connectivity index (χ2v) is 5.82. The molecule has 0 radical (unpaired) electrons. The van der Waals surface area contributed by atoms with Crippen molar-refractivity contribution in [2.75, 3.05) is 20.2 Å². The Hall–Kier alpha value is -1.43. The maximum Gasteiger partial charge on any atom is 0.280 e. The van der Waals surface area contributed by atoms with Gasteiger partial charge in [-0.3, -0.25) is 14.5 Å². The highest BCUT2D eigenvalue weighted by Gasteiger charge is 2.44. The first kappa shape index (κ1) is 15.0. The molecule has 6 heteroatoms. The van der Waals surface area contributed by atoms with E-state index in [0.29, 0.717) is 6.04 Å². The summed E-state index contributed by atoms with van der Waals surface area (Å²) in [5.41, 5.74) is -0.0950. The van der Waals surface area contributed by atoms with Gasteiger partial charge in [0.1, 0.15) is 7.11 Å². The van der Waals surface area contributed by atoms with Crippen LogP contribution in [0.1, 0.15) is 33.6 Å². The van der Waals surface area contributed by atoms with Gasteiger partial charge in [0, 0.05) is 38.1 Å². The standard InChI is InChI=1S/C14H23N3O3/c1-9(2)16-7-11-5-6-12(8-16)17(11)14(19)13(10(3)18)15-20-4/h9,11-12H,5-8H2,1-4H3/b15-13+. The van der Waals surface area contributed by atoms with Crippen LogP contribution in [0.25, 0.3) is 0 Å². The predicted octanol–water partition coefficient (Wildman–Crippen LogP) is 0.661. The molecule has 2 heterocycles. The van der Waals surface area contributed by atoms with Crippen LogP contribution in [0.2, 0.25) is 0 Å². The topological polar surface area (TPSA) is 62.2 Å².